The molecule has 0 aliphatic carbocycles. The van der Waals surface area contributed by atoms with Crippen LogP contribution >= 0.6 is 61.7 Å². The Bertz CT molecular complexity index is 590. The summed E-state index contributed by atoms with van der Waals surface area (Å²) in [5.74, 6) is 0.875. The Morgan fingerprint density at radius 3 is 2.68 bits per heavy atom. The average molecular weight is 472 g/mol. The van der Waals surface area contributed by atoms with E-state index in [2.05, 4.69) is 38.5 Å². The van der Waals surface area contributed by atoms with Crippen LogP contribution in [0.2, 0.25) is 10.0 Å². The van der Waals surface area contributed by atoms with Crippen LogP contribution in [-0.2, 0) is 6.42 Å². The number of hydrogen-bond donors (Lipinski definition) is 0. The van der Waals surface area contributed by atoms with E-state index in [9.17, 15) is 0 Å². The van der Waals surface area contributed by atoms with Crippen molar-refractivity contribution >= 4 is 61.7 Å². The molecule has 2 aromatic carbocycles. The molecule has 0 atom stereocenters. The first-order chi connectivity index (χ1) is 9.08. The summed E-state index contributed by atoms with van der Waals surface area (Å²) in [7, 11) is 0. The predicted molar refractivity (Wildman–Crippen MR) is 92.5 cm³/mol. The van der Waals surface area contributed by atoms with E-state index in [0.717, 1.165) is 25.8 Å². The molecule has 0 unspecified atom stereocenters. The molecule has 0 heterocycles. The van der Waals surface area contributed by atoms with Gasteiger partial charge in [-0.15, -0.1) is 0 Å². The van der Waals surface area contributed by atoms with Crippen LogP contribution in [0, 0.1) is 3.57 Å². The summed E-state index contributed by atoms with van der Waals surface area (Å²) in [5, 5.41) is 1.33. The summed E-state index contributed by atoms with van der Waals surface area (Å²) < 4.78 is 7.89. The molecule has 0 bridgehead atoms. The van der Waals surface area contributed by atoms with Crippen molar-refractivity contribution in [3.05, 3.63) is 60.0 Å². The van der Waals surface area contributed by atoms with Crippen LogP contribution in [0.25, 0.3) is 0 Å². The molecule has 0 saturated heterocycles. The van der Waals surface area contributed by atoms with Gasteiger partial charge < -0.3 is 4.74 Å². The van der Waals surface area contributed by atoms with E-state index < -0.39 is 0 Å². The van der Waals surface area contributed by atoms with Gasteiger partial charge in [-0.1, -0.05) is 35.3 Å². The zero-order valence-electron chi connectivity index (χ0n) is 9.80. The van der Waals surface area contributed by atoms with Crippen molar-refractivity contribution in [3.63, 3.8) is 0 Å². The molecule has 0 aromatic heterocycles. The van der Waals surface area contributed by atoms with Crippen molar-refractivity contribution in [2.75, 3.05) is 6.61 Å². The first-order valence-corrected chi connectivity index (χ1v) is 8.21. The van der Waals surface area contributed by atoms with Gasteiger partial charge in [-0.05, 0) is 68.3 Å². The minimum Gasteiger partial charge on any atom is -0.492 e. The third-order valence-electron chi connectivity index (χ3n) is 2.56. The Morgan fingerprint density at radius 1 is 1.16 bits per heavy atom. The van der Waals surface area contributed by atoms with Crippen LogP contribution in [0.15, 0.2) is 40.9 Å². The zero-order chi connectivity index (χ0) is 13.8. The second-order valence-electron chi connectivity index (χ2n) is 3.89. The highest BCUT2D eigenvalue weighted by atomic mass is 127. The van der Waals surface area contributed by atoms with Crippen molar-refractivity contribution in [1.29, 1.82) is 0 Å². The fourth-order valence-corrected chi connectivity index (χ4v) is 2.96. The van der Waals surface area contributed by atoms with E-state index in [-0.39, 0.29) is 0 Å². The second-order valence-corrected chi connectivity index (χ2v) is 6.66. The number of rotatable bonds is 4. The maximum Gasteiger partial charge on any atom is 0.133 e. The molecule has 100 valence electrons. The molecule has 0 N–H and O–H groups in total. The number of ether oxygens (including phenoxy) is 1. The third kappa shape index (κ3) is 4.25. The molecule has 2 rings (SSSR count). The van der Waals surface area contributed by atoms with Crippen LogP contribution in [0.3, 0.4) is 0 Å². The molecule has 2 aromatic rings. The molecule has 0 aliphatic rings. The molecule has 0 radical (unpaired) electrons. The van der Waals surface area contributed by atoms with E-state index in [4.69, 9.17) is 27.9 Å². The first-order valence-electron chi connectivity index (χ1n) is 5.58. The summed E-state index contributed by atoms with van der Waals surface area (Å²) >= 11 is 17.7. The monoisotopic (exact) mass is 470 g/mol. The van der Waals surface area contributed by atoms with Gasteiger partial charge in [0, 0.05) is 20.9 Å². The minimum atomic E-state index is 0.577. The quantitative estimate of drug-likeness (QED) is 0.498. The fourth-order valence-electron chi connectivity index (χ4n) is 1.59. The molecule has 0 fully saturated rings. The number of benzene rings is 2. The Labute approximate surface area is 144 Å². The van der Waals surface area contributed by atoms with Gasteiger partial charge in [0.25, 0.3) is 0 Å². The van der Waals surface area contributed by atoms with Crippen molar-refractivity contribution in [2.24, 2.45) is 0 Å². The van der Waals surface area contributed by atoms with Crippen molar-refractivity contribution in [3.8, 4) is 5.75 Å². The first kappa shape index (κ1) is 15.4. The van der Waals surface area contributed by atoms with Crippen LogP contribution in [0.4, 0.5) is 0 Å². The highest BCUT2D eigenvalue weighted by molar-refractivity contribution is 14.1. The molecule has 0 amide bonds. The van der Waals surface area contributed by atoms with E-state index >= 15 is 0 Å². The standard InChI is InChI=1S/C14H10BrCl2IO/c15-11-2-1-3-13(14(11)18)19-7-6-9-4-5-10(16)8-12(9)17/h1-5,8H,6-7H2. The Morgan fingerprint density at radius 2 is 1.95 bits per heavy atom. The largest absolute Gasteiger partial charge is 0.492 e. The van der Waals surface area contributed by atoms with Gasteiger partial charge in [-0.25, -0.2) is 0 Å². The molecule has 0 saturated carbocycles. The summed E-state index contributed by atoms with van der Waals surface area (Å²) in [6.07, 6.45) is 0.749. The molecule has 0 spiro atoms. The number of halogens is 4. The molecular weight excluding hydrogens is 462 g/mol. The lowest BCUT2D eigenvalue weighted by atomic mass is 10.2. The molecule has 0 aliphatic heterocycles. The second kappa shape index (κ2) is 7.16. The van der Waals surface area contributed by atoms with Crippen molar-refractivity contribution in [1.82, 2.24) is 0 Å². The van der Waals surface area contributed by atoms with E-state index in [1.807, 2.05) is 30.3 Å². The highest BCUT2D eigenvalue weighted by Gasteiger charge is 2.05. The van der Waals surface area contributed by atoms with Gasteiger partial charge in [-0.3, -0.25) is 0 Å². The van der Waals surface area contributed by atoms with Crippen LogP contribution in [0.5, 0.6) is 5.75 Å². The molecule has 1 nitrogen and oxygen atoms in total. The maximum atomic E-state index is 6.12. The van der Waals surface area contributed by atoms with E-state index in [1.54, 1.807) is 6.07 Å². The van der Waals surface area contributed by atoms with Gasteiger partial charge in [0.15, 0.2) is 0 Å². The normalized spacial score (nSPS) is 10.5. The Hall–Kier alpha value is 0.0300. The van der Waals surface area contributed by atoms with Gasteiger partial charge in [-0.2, -0.15) is 0 Å². The van der Waals surface area contributed by atoms with Gasteiger partial charge in [0.2, 0.25) is 0 Å². The van der Waals surface area contributed by atoms with Crippen LogP contribution < -0.4 is 4.74 Å². The summed E-state index contributed by atoms with van der Waals surface area (Å²) in [6.45, 7) is 0.577. The summed E-state index contributed by atoms with van der Waals surface area (Å²) in [6, 6.07) is 11.4. The number of hydrogen-bond acceptors (Lipinski definition) is 1. The lowest BCUT2D eigenvalue weighted by Crippen LogP contribution is -2.03. The molecule has 5 heteroatoms. The van der Waals surface area contributed by atoms with Crippen molar-refractivity contribution < 1.29 is 4.74 Å². The molecule has 19 heavy (non-hydrogen) atoms. The summed E-state index contributed by atoms with van der Waals surface area (Å²) in [4.78, 5) is 0. The van der Waals surface area contributed by atoms with Gasteiger partial charge in [0.05, 0.1) is 10.2 Å². The van der Waals surface area contributed by atoms with E-state index in [0.29, 0.717) is 16.7 Å². The zero-order valence-corrected chi connectivity index (χ0v) is 15.1. The predicted octanol–water partition coefficient (Wildman–Crippen LogP) is 5.98. The fraction of sp³-hybridized carbons (Fsp3) is 0.143. The van der Waals surface area contributed by atoms with Crippen molar-refractivity contribution in [2.45, 2.75) is 6.42 Å². The highest BCUT2D eigenvalue weighted by Crippen LogP contribution is 2.28. The van der Waals surface area contributed by atoms with Crippen LogP contribution in [-0.4, -0.2) is 6.61 Å². The Balaban J connectivity index is 1.98. The SMILES string of the molecule is Clc1ccc(CCOc2cccc(Br)c2I)c(Cl)c1. The minimum absolute atomic E-state index is 0.577. The van der Waals surface area contributed by atoms with E-state index in [1.165, 1.54) is 0 Å². The lowest BCUT2D eigenvalue weighted by Gasteiger charge is -2.10. The van der Waals surface area contributed by atoms with Gasteiger partial charge >= 0.3 is 0 Å². The lowest BCUT2D eigenvalue weighted by molar-refractivity contribution is 0.319. The van der Waals surface area contributed by atoms with Gasteiger partial charge in [0.1, 0.15) is 5.75 Å². The topological polar surface area (TPSA) is 9.23 Å². The average Bonchev–Trinajstić information content (AvgIpc) is 2.37. The third-order valence-corrected chi connectivity index (χ3v) is 5.66. The summed E-state index contributed by atoms with van der Waals surface area (Å²) in [5.41, 5.74) is 1.04. The molecular formula is C14H10BrCl2IO. The maximum absolute atomic E-state index is 6.12. The Kier molecular flexibility index (Phi) is 5.81. The smallest absolute Gasteiger partial charge is 0.133 e. The van der Waals surface area contributed by atoms with Crippen LogP contribution in [0.1, 0.15) is 5.56 Å².